The number of benzene rings is 2. The number of amides is 2. The summed E-state index contributed by atoms with van der Waals surface area (Å²) in [6.45, 7) is 1.03. The predicted octanol–water partition coefficient (Wildman–Crippen LogP) is 3.09. The van der Waals surface area contributed by atoms with Crippen molar-refractivity contribution in [3.63, 3.8) is 0 Å². The van der Waals surface area contributed by atoms with E-state index in [1.54, 1.807) is 0 Å². The third-order valence-electron chi connectivity index (χ3n) is 6.27. The zero-order valence-corrected chi connectivity index (χ0v) is 19.7. The molecule has 2 aromatic rings. The lowest BCUT2D eigenvalue weighted by atomic mass is 9.99. The number of carbonyl (C=O) groups is 1. The van der Waals surface area contributed by atoms with Crippen LogP contribution in [-0.4, -0.2) is 50.8 Å². The van der Waals surface area contributed by atoms with Crippen molar-refractivity contribution in [3.8, 4) is 0 Å². The largest absolute Gasteiger partial charge is 0.333 e. The molecule has 2 aliphatic rings. The Morgan fingerprint density at radius 1 is 0.938 bits per heavy atom. The summed E-state index contributed by atoms with van der Waals surface area (Å²) in [5, 5.41) is 2.92. The third-order valence-corrected chi connectivity index (χ3v) is 7.71. The van der Waals surface area contributed by atoms with Crippen LogP contribution in [0.15, 0.2) is 36.4 Å². The van der Waals surface area contributed by atoms with Crippen LogP contribution in [0.2, 0.25) is 0 Å². The van der Waals surface area contributed by atoms with Crippen molar-refractivity contribution >= 4 is 21.9 Å². The van der Waals surface area contributed by atoms with Crippen molar-refractivity contribution in [2.24, 2.45) is 0 Å². The summed E-state index contributed by atoms with van der Waals surface area (Å²) in [5.41, 5.74) is 6.64. The highest BCUT2D eigenvalue weighted by molar-refractivity contribution is 7.87. The van der Waals surface area contributed by atoms with Crippen molar-refractivity contribution < 1.29 is 13.2 Å². The van der Waals surface area contributed by atoms with E-state index in [9.17, 15) is 13.2 Å². The lowest BCUT2D eigenvalue weighted by molar-refractivity contribution is 0.255. The van der Waals surface area contributed by atoms with Gasteiger partial charge >= 0.3 is 16.2 Å². The summed E-state index contributed by atoms with van der Waals surface area (Å²) in [7, 11) is -0.233. The highest BCUT2D eigenvalue weighted by Crippen LogP contribution is 2.38. The van der Waals surface area contributed by atoms with Crippen LogP contribution in [-0.2, 0) is 42.4 Å². The zero-order chi connectivity index (χ0) is 22.7. The van der Waals surface area contributed by atoms with E-state index >= 15 is 0 Å². The summed E-state index contributed by atoms with van der Waals surface area (Å²) in [6.07, 6.45) is 6.03. The topological polar surface area (TPSA) is 81.8 Å². The van der Waals surface area contributed by atoms with Crippen LogP contribution in [0.5, 0.6) is 0 Å². The molecule has 0 fully saturated rings. The minimum absolute atomic E-state index is 0.202. The average Bonchev–Trinajstić information content (AvgIpc) is 3.40. The molecule has 0 bridgehead atoms. The Balaban J connectivity index is 1.52. The fourth-order valence-electron chi connectivity index (χ4n) is 4.67. The van der Waals surface area contributed by atoms with Gasteiger partial charge in [0, 0.05) is 25.3 Å². The van der Waals surface area contributed by atoms with E-state index in [1.165, 1.54) is 26.6 Å². The Bertz CT molecular complexity index is 1050. The molecule has 0 aliphatic heterocycles. The van der Waals surface area contributed by atoms with E-state index in [1.807, 2.05) is 49.3 Å². The average molecular weight is 457 g/mol. The zero-order valence-electron chi connectivity index (χ0n) is 18.9. The summed E-state index contributed by atoms with van der Waals surface area (Å²) in [5.74, 6) is 0. The van der Waals surface area contributed by atoms with Gasteiger partial charge in [0.2, 0.25) is 0 Å². The predicted molar refractivity (Wildman–Crippen MR) is 127 cm³/mol. The van der Waals surface area contributed by atoms with E-state index < -0.39 is 16.2 Å². The molecule has 2 amide bonds. The van der Waals surface area contributed by atoms with Gasteiger partial charge in [-0.25, -0.2) is 9.52 Å². The van der Waals surface area contributed by atoms with Gasteiger partial charge in [0.1, 0.15) is 0 Å². The molecule has 2 aromatic carbocycles. The molecular weight excluding hydrogens is 424 g/mol. The summed E-state index contributed by atoms with van der Waals surface area (Å²) in [6, 6.07) is 11.0. The van der Waals surface area contributed by atoms with Gasteiger partial charge in [0.15, 0.2) is 0 Å². The molecule has 4 rings (SSSR count). The molecule has 0 spiro atoms. The second kappa shape index (κ2) is 9.60. The summed E-state index contributed by atoms with van der Waals surface area (Å²) < 4.78 is 29.9. The minimum Gasteiger partial charge on any atom is -0.308 e. The number of urea groups is 1. The molecule has 0 atom stereocenters. The van der Waals surface area contributed by atoms with Crippen molar-refractivity contribution in [2.45, 2.75) is 45.1 Å². The number of anilines is 1. The van der Waals surface area contributed by atoms with Gasteiger partial charge in [0.25, 0.3) is 0 Å². The van der Waals surface area contributed by atoms with Gasteiger partial charge in [-0.1, -0.05) is 36.4 Å². The first-order chi connectivity index (χ1) is 15.3. The van der Waals surface area contributed by atoms with Gasteiger partial charge in [-0.15, -0.1) is 0 Å². The molecule has 0 heterocycles. The van der Waals surface area contributed by atoms with Crippen molar-refractivity contribution in [2.75, 3.05) is 32.5 Å². The molecule has 0 saturated heterocycles. The maximum Gasteiger partial charge on any atom is 0.333 e. The van der Waals surface area contributed by atoms with Crippen LogP contribution in [0.3, 0.4) is 0 Å². The Labute approximate surface area is 191 Å². The molecule has 2 aliphatic carbocycles. The lowest BCUT2D eigenvalue weighted by Gasteiger charge is -2.24. The van der Waals surface area contributed by atoms with Crippen LogP contribution in [0.1, 0.15) is 40.7 Å². The number of nitrogens with zero attached hydrogens (tertiary/aromatic N) is 2. The summed E-state index contributed by atoms with van der Waals surface area (Å²) in [4.78, 5) is 14.8. The molecule has 8 heteroatoms. The van der Waals surface area contributed by atoms with Gasteiger partial charge in [-0.2, -0.15) is 12.7 Å². The standard InChI is InChI=1S/C24H32N4O3S/c1-27(2)14-15-28(17-18-8-4-3-5-9-18)32(30,31)26-24(29)25-23-21-12-6-10-19(21)16-20-11-7-13-22(20)23/h3-5,8-9,16H,6-7,10-15,17H2,1-2H3,(H2,25,26,29). The molecule has 0 saturated carbocycles. The van der Waals surface area contributed by atoms with E-state index in [0.29, 0.717) is 6.54 Å². The number of carbonyl (C=O) groups excluding carboxylic acids is 1. The van der Waals surface area contributed by atoms with Gasteiger partial charge < -0.3 is 10.2 Å². The van der Waals surface area contributed by atoms with Crippen LogP contribution in [0.4, 0.5) is 10.5 Å². The maximum absolute atomic E-state index is 13.2. The molecule has 0 aromatic heterocycles. The second-order valence-corrected chi connectivity index (χ2v) is 10.6. The van der Waals surface area contributed by atoms with E-state index in [4.69, 9.17) is 0 Å². The Morgan fingerprint density at radius 3 is 2.16 bits per heavy atom. The normalized spacial score (nSPS) is 15.1. The lowest BCUT2D eigenvalue weighted by Crippen LogP contribution is -2.46. The maximum atomic E-state index is 13.2. The highest BCUT2D eigenvalue weighted by atomic mass is 32.2. The number of hydrogen-bond donors (Lipinski definition) is 2. The van der Waals surface area contributed by atoms with Gasteiger partial charge in [-0.05, 0) is 80.4 Å². The number of hydrogen-bond acceptors (Lipinski definition) is 4. The number of rotatable bonds is 8. The van der Waals surface area contributed by atoms with E-state index in [2.05, 4.69) is 16.1 Å². The number of likely N-dealkylation sites (N-methyl/N-ethyl adjacent to an activating group) is 1. The van der Waals surface area contributed by atoms with Crippen LogP contribution < -0.4 is 10.0 Å². The molecule has 0 unspecified atom stereocenters. The number of fused-ring (bicyclic) bond motifs is 2. The van der Waals surface area contributed by atoms with Crippen LogP contribution >= 0.6 is 0 Å². The quantitative estimate of drug-likeness (QED) is 0.640. The van der Waals surface area contributed by atoms with Crippen LogP contribution in [0, 0.1) is 0 Å². The number of aryl methyl sites for hydroxylation is 2. The third kappa shape index (κ3) is 5.14. The van der Waals surface area contributed by atoms with Crippen molar-refractivity contribution in [3.05, 3.63) is 64.2 Å². The van der Waals surface area contributed by atoms with E-state index in [-0.39, 0.29) is 13.1 Å². The van der Waals surface area contributed by atoms with Gasteiger partial charge in [0.05, 0.1) is 0 Å². The fraction of sp³-hybridized carbons (Fsp3) is 0.458. The smallest absolute Gasteiger partial charge is 0.308 e. The molecule has 172 valence electrons. The molecule has 7 nitrogen and oxygen atoms in total. The Kier molecular flexibility index (Phi) is 6.83. The van der Waals surface area contributed by atoms with E-state index in [0.717, 1.165) is 49.8 Å². The fourth-order valence-corrected chi connectivity index (χ4v) is 5.73. The molecular formula is C24H32N4O3S. The van der Waals surface area contributed by atoms with Crippen LogP contribution in [0.25, 0.3) is 0 Å². The van der Waals surface area contributed by atoms with Crippen molar-refractivity contribution in [1.29, 1.82) is 0 Å². The molecule has 0 radical (unpaired) electrons. The minimum atomic E-state index is -4.02. The second-order valence-electron chi connectivity index (χ2n) is 8.92. The SMILES string of the molecule is CN(C)CCN(Cc1ccccc1)S(=O)(=O)NC(=O)Nc1c2c(cc3c1CCC3)CCC2. The molecule has 32 heavy (non-hydrogen) atoms. The first-order valence-corrected chi connectivity index (χ1v) is 12.7. The van der Waals surface area contributed by atoms with Gasteiger partial charge in [-0.3, -0.25) is 0 Å². The highest BCUT2D eigenvalue weighted by Gasteiger charge is 2.28. The Morgan fingerprint density at radius 2 is 1.56 bits per heavy atom. The first-order valence-electron chi connectivity index (χ1n) is 11.3. The molecule has 2 N–H and O–H groups in total. The monoisotopic (exact) mass is 456 g/mol. The first kappa shape index (κ1) is 22.8. The Hall–Kier alpha value is -2.42. The number of nitrogens with one attached hydrogen (secondary N) is 2. The summed E-state index contributed by atoms with van der Waals surface area (Å²) >= 11 is 0. The van der Waals surface area contributed by atoms with Crippen molar-refractivity contribution in [1.82, 2.24) is 13.9 Å².